The van der Waals surface area contributed by atoms with Gasteiger partial charge in [0, 0.05) is 25.3 Å². The molecule has 0 aliphatic rings. The fourth-order valence-corrected chi connectivity index (χ4v) is 2.43. The molecule has 0 saturated heterocycles. The standard InChI is InChI=1S/C21H22N2O4/c1-4-14-27-20-11-8-17(9-12-20)10-13-21(24)22(3)16(2)18-6-5-7-19(15-18)23(25)26/h4-13,15-16H,1,14H2,2-3H3/b13-10+/t16-/m0/s1. The highest BCUT2D eigenvalue weighted by molar-refractivity contribution is 5.91. The van der Waals surface area contributed by atoms with Crippen LogP contribution in [0.2, 0.25) is 0 Å². The molecule has 27 heavy (non-hydrogen) atoms. The average Bonchev–Trinajstić information content (AvgIpc) is 2.70. The minimum Gasteiger partial charge on any atom is -0.490 e. The maximum Gasteiger partial charge on any atom is 0.269 e. The highest BCUT2D eigenvalue weighted by atomic mass is 16.6. The normalized spacial score (nSPS) is 11.8. The molecule has 0 aliphatic carbocycles. The molecule has 140 valence electrons. The number of non-ortho nitro benzene ring substituents is 1. The van der Waals surface area contributed by atoms with Crippen LogP contribution in [0.4, 0.5) is 5.69 Å². The molecule has 0 bridgehead atoms. The van der Waals surface area contributed by atoms with Gasteiger partial charge in [0.2, 0.25) is 5.91 Å². The Kier molecular flexibility index (Phi) is 6.88. The Balaban J connectivity index is 2.03. The van der Waals surface area contributed by atoms with E-state index in [1.54, 1.807) is 31.3 Å². The van der Waals surface area contributed by atoms with E-state index < -0.39 is 4.92 Å². The van der Waals surface area contributed by atoms with Crippen molar-refractivity contribution in [1.29, 1.82) is 0 Å². The van der Waals surface area contributed by atoms with Gasteiger partial charge in [-0.2, -0.15) is 0 Å². The summed E-state index contributed by atoms with van der Waals surface area (Å²) in [7, 11) is 1.67. The van der Waals surface area contributed by atoms with Crippen molar-refractivity contribution in [3.63, 3.8) is 0 Å². The van der Waals surface area contributed by atoms with Crippen LogP contribution >= 0.6 is 0 Å². The molecule has 1 amide bonds. The van der Waals surface area contributed by atoms with E-state index in [0.717, 1.165) is 11.3 Å². The molecule has 0 heterocycles. The van der Waals surface area contributed by atoms with E-state index in [4.69, 9.17) is 4.74 Å². The molecule has 0 unspecified atom stereocenters. The molecule has 0 fully saturated rings. The van der Waals surface area contributed by atoms with Crippen molar-refractivity contribution in [2.24, 2.45) is 0 Å². The van der Waals surface area contributed by atoms with Crippen LogP contribution in [-0.4, -0.2) is 29.4 Å². The Hall–Kier alpha value is -3.41. The van der Waals surface area contributed by atoms with E-state index in [-0.39, 0.29) is 17.6 Å². The van der Waals surface area contributed by atoms with Gasteiger partial charge in [-0.3, -0.25) is 14.9 Å². The van der Waals surface area contributed by atoms with E-state index in [1.807, 2.05) is 31.2 Å². The van der Waals surface area contributed by atoms with Crippen LogP contribution in [0.3, 0.4) is 0 Å². The first-order valence-electron chi connectivity index (χ1n) is 8.45. The number of amides is 1. The second-order valence-corrected chi connectivity index (χ2v) is 5.98. The SMILES string of the molecule is C=CCOc1ccc(/C=C/C(=O)N(C)[C@@H](C)c2cccc([N+](=O)[O-])c2)cc1. The van der Waals surface area contributed by atoms with Gasteiger partial charge in [-0.1, -0.05) is 36.9 Å². The molecule has 0 aromatic heterocycles. The minimum absolute atomic E-state index is 0.00880. The van der Waals surface area contributed by atoms with Crippen molar-refractivity contribution in [3.05, 3.63) is 88.5 Å². The Morgan fingerprint density at radius 3 is 2.63 bits per heavy atom. The molecule has 0 aliphatic heterocycles. The summed E-state index contributed by atoms with van der Waals surface area (Å²) >= 11 is 0. The van der Waals surface area contributed by atoms with Gasteiger partial charge < -0.3 is 9.64 Å². The van der Waals surface area contributed by atoms with Gasteiger partial charge >= 0.3 is 0 Å². The lowest BCUT2D eigenvalue weighted by molar-refractivity contribution is -0.384. The predicted octanol–water partition coefficient (Wildman–Crippen LogP) is 4.39. The molecule has 0 radical (unpaired) electrons. The Labute approximate surface area is 158 Å². The average molecular weight is 366 g/mol. The number of benzene rings is 2. The van der Waals surface area contributed by atoms with Crippen LogP contribution in [0.15, 0.2) is 67.3 Å². The first kappa shape index (κ1) is 19.9. The first-order chi connectivity index (χ1) is 12.9. The quantitative estimate of drug-likeness (QED) is 0.301. The van der Waals surface area contributed by atoms with E-state index >= 15 is 0 Å². The fourth-order valence-electron chi connectivity index (χ4n) is 2.43. The molecule has 2 aromatic rings. The summed E-state index contributed by atoms with van der Waals surface area (Å²) in [6.07, 6.45) is 4.87. The largest absolute Gasteiger partial charge is 0.490 e. The zero-order chi connectivity index (χ0) is 19.8. The van der Waals surface area contributed by atoms with Crippen LogP contribution in [0, 0.1) is 10.1 Å². The second kappa shape index (κ2) is 9.33. The Bertz CT molecular complexity index is 844. The summed E-state index contributed by atoms with van der Waals surface area (Å²) in [6.45, 7) is 5.86. The van der Waals surface area contributed by atoms with E-state index in [2.05, 4.69) is 6.58 Å². The highest BCUT2D eigenvalue weighted by Crippen LogP contribution is 2.23. The van der Waals surface area contributed by atoms with Crippen LogP contribution in [-0.2, 0) is 4.79 Å². The van der Waals surface area contributed by atoms with Crippen LogP contribution in [0.5, 0.6) is 5.75 Å². The minimum atomic E-state index is -0.444. The monoisotopic (exact) mass is 366 g/mol. The second-order valence-electron chi connectivity index (χ2n) is 5.98. The van der Waals surface area contributed by atoms with Gasteiger partial charge in [0.25, 0.3) is 5.69 Å². The lowest BCUT2D eigenvalue weighted by Crippen LogP contribution is -2.28. The molecule has 6 nitrogen and oxygen atoms in total. The summed E-state index contributed by atoms with van der Waals surface area (Å²) < 4.78 is 5.42. The molecule has 0 spiro atoms. The van der Waals surface area contributed by atoms with Gasteiger partial charge in [-0.25, -0.2) is 0 Å². The van der Waals surface area contributed by atoms with Crippen LogP contribution in [0.25, 0.3) is 6.08 Å². The van der Waals surface area contributed by atoms with Crippen molar-refractivity contribution in [3.8, 4) is 5.75 Å². The number of hydrogen-bond acceptors (Lipinski definition) is 4. The third-order valence-corrected chi connectivity index (χ3v) is 4.16. The number of nitrogens with zero attached hydrogens (tertiary/aromatic N) is 2. The van der Waals surface area contributed by atoms with Gasteiger partial charge in [0.05, 0.1) is 11.0 Å². The molecule has 1 atom stereocenters. The van der Waals surface area contributed by atoms with Crippen molar-refractivity contribution in [2.45, 2.75) is 13.0 Å². The number of carbonyl (C=O) groups excluding carboxylic acids is 1. The lowest BCUT2D eigenvalue weighted by Gasteiger charge is -2.24. The van der Waals surface area contributed by atoms with Crippen molar-refractivity contribution >= 4 is 17.7 Å². The van der Waals surface area contributed by atoms with Crippen molar-refractivity contribution in [2.75, 3.05) is 13.7 Å². The molecule has 6 heteroatoms. The Morgan fingerprint density at radius 1 is 1.30 bits per heavy atom. The summed E-state index contributed by atoms with van der Waals surface area (Å²) in [5.41, 5.74) is 1.58. The lowest BCUT2D eigenvalue weighted by atomic mass is 10.1. The summed E-state index contributed by atoms with van der Waals surface area (Å²) in [5, 5.41) is 10.9. The van der Waals surface area contributed by atoms with Gasteiger partial charge in [-0.05, 0) is 36.3 Å². The van der Waals surface area contributed by atoms with Crippen LogP contribution < -0.4 is 4.74 Å². The number of hydrogen-bond donors (Lipinski definition) is 0. The summed E-state index contributed by atoms with van der Waals surface area (Å²) in [4.78, 5) is 24.4. The first-order valence-corrected chi connectivity index (χ1v) is 8.45. The van der Waals surface area contributed by atoms with E-state index in [9.17, 15) is 14.9 Å². The molecule has 2 aromatic carbocycles. The number of ether oxygens (including phenoxy) is 1. The predicted molar refractivity (Wildman–Crippen MR) is 105 cm³/mol. The number of nitro groups is 1. The Morgan fingerprint density at radius 2 is 2.00 bits per heavy atom. The maximum atomic E-state index is 12.4. The zero-order valence-corrected chi connectivity index (χ0v) is 15.4. The number of rotatable bonds is 8. The highest BCUT2D eigenvalue weighted by Gasteiger charge is 2.17. The zero-order valence-electron chi connectivity index (χ0n) is 15.4. The van der Waals surface area contributed by atoms with Crippen molar-refractivity contribution < 1.29 is 14.5 Å². The van der Waals surface area contributed by atoms with Crippen molar-refractivity contribution in [1.82, 2.24) is 4.90 Å². The maximum absolute atomic E-state index is 12.4. The van der Waals surface area contributed by atoms with Crippen LogP contribution in [0.1, 0.15) is 24.1 Å². The van der Waals surface area contributed by atoms with Gasteiger partial charge in [0.15, 0.2) is 0 Å². The summed E-state index contributed by atoms with van der Waals surface area (Å²) in [5.74, 6) is 0.538. The molecule has 2 rings (SSSR count). The third kappa shape index (κ3) is 5.54. The fraction of sp³-hybridized carbons (Fsp3) is 0.190. The molecular formula is C21H22N2O4. The summed E-state index contributed by atoms with van der Waals surface area (Å²) in [6, 6.07) is 13.4. The van der Waals surface area contributed by atoms with E-state index in [0.29, 0.717) is 12.2 Å². The van der Waals surface area contributed by atoms with Gasteiger partial charge in [0.1, 0.15) is 12.4 Å². The topological polar surface area (TPSA) is 72.7 Å². The third-order valence-electron chi connectivity index (χ3n) is 4.16. The number of carbonyl (C=O) groups is 1. The number of nitro benzene ring substituents is 1. The smallest absolute Gasteiger partial charge is 0.269 e. The molecular weight excluding hydrogens is 344 g/mol. The molecule has 0 N–H and O–H groups in total. The van der Waals surface area contributed by atoms with E-state index in [1.165, 1.54) is 23.1 Å². The molecule has 0 saturated carbocycles. The number of likely N-dealkylation sites (N-methyl/N-ethyl adjacent to an activating group) is 1. The van der Waals surface area contributed by atoms with Gasteiger partial charge in [-0.15, -0.1) is 0 Å².